The van der Waals surface area contributed by atoms with Gasteiger partial charge >= 0.3 is 0 Å². The highest BCUT2D eigenvalue weighted by Crippen LogP contribution is 2.32. The maximum absolute atomic E-state index is 11.6. The second kappa shape index (κ2) is 4.86. The van der Waals surface area contributed by atoms with Gasteiger partial charge in [-0.25, -0.2) is 4.98 Å². The van der Waals surface area contributed by atoms with E-state index < -0.39 is 15.3 Å². The molecule has 3 heterocycles. The number of rotatable bonds is 3. The van der Waals surface area contributed by atoms with Crippen molar-refractivity contribution in [2.24, 2.45) is 0 Å². The molecule has 3 unspecified atom stereocenters. The van der Waals surface area contributed by atoms with E-state index in [1.165, 1.54) is 6.33 Å². The minimum Gasteiger partial charge on any atom is -0.369 e. The molecule has 10 heteroatoms. The molecular formula is C9H12N5O4P. The van der Waals surface area contributed by atoms with E-state index in [-0.39, 0.29) is 23.3 Å². The van der Waals surface area contributed by atoms with Gasteiger partial charge in [0.15, 0.2) is 26.5 Å². The number of nitrogen functional groups attached to an aromatic ring is 1. The Labute approximate surface area is 108 Å². The molecule has 0 saturated carbocycles. The van der Waals surface area contributed by atoms with Gasteiger partial charge in [-0.15, -0.1) is 0 Å². The van der Waals surface area contributed by atoms with Crippen molar-refractivity contribution in [1.82, 2.24) is 19.5 Å². The first-order valence-electron chi connectivity index (χ1n) is 5.61. The molecule has 1 aliphatic heterocycles. The Balaban J connectivity index is 1.96. The summed E-state index contributed by atoms with van der Waals surface area (Å²) in [5.74, 6) is 0.0295. The third kappa shape index (κ3) is 2.21. The number of nitrogens with zero attached hydrogens (tertiary/aromatic N) is 3. The molecule has 102 valence electrons. The van der Waals surface area contributed by atoms with Crippen LogP contribution in [-0.4, -0.2) is 30.7 Å². The third-order valence-corrected chi connectivity index (χ3v) is 3.27. The van der Waals surface area contributed by atoms with E-state index in [0.29, 0.717) is 18.5 Å². The van der Waals surface area contributed by atoms with Gasteiger partial charge in [0.05, 0.1) is 6.33 Å². The van der Waals surface area contributed by atoms with Crippen molar-refractivity contribution >= 4 is 26.1 Å². The van der Waals surface area contributed by atoms with E-state index in [0.717, 1.165) is 0 Å². The Bertz CT molecular complexity index is 656. The van der Waals surface area contributed by atoms with Gasteiger partial charge in [-0.2, -0.15) is 4.98 Å². The van der Waals surface area contributed by atoms with Crippen LogP contribution in [0.4, 0.5) is 5.95 Å². The van der Waals surface area contributed by atoms with Crippen molar-refractivity contribution in [1.29, 1.82) is 0 Å². The third-order valence-electron chi connectivity index (χ3n) is 2.90. The van der Waals surface area contributed by atoms with E-state index in [1.807, 2.05) is 0 Å². The molecule has 0 amide bonds. The fourth-order valence-corrected chi connectivity index (χ4v) is 2.38. The summed E-state index contributed by atoms with van der Waals surface area (Å²) in [6.45, 7) is 0. The summed E-state index contributed by atoms with van der Waals surface area (Å²) in [4.78, 5) is 30.8. The number of anilines is 1. The van der Waals surface area contributed by atoms with Crippen LogP contribution in [0.25, 0.3) is 11.2 Å². The van der Waals surface area contributed by atoms with Crippen LogP contribution in [-0.2, 0) is 9.26 Å². The molecule has 1 aliphatic rings. The highest BCUT2D eigenvalue weighted by Gasteiger charge is 2.28. The molecule has 0 radical (unpaired) electrons. The van der Waals surface area contributed by atoms with E-state index in [9.17, 15) is 4.79 Å². The molecule has 0 bridgehead atoms. The van der Waals surface area contributed by atoms with Crippen molar-refractivity contribution in [2.45, 2.75) is 25.4 Å². The van der Waals surface area contributed by atoms with E-state index in [1.54, 1.807) is 4.57 Å². The van der Waals surface area contributed by atoms with Crippen LogP contribution in [0.3, 0.4) is 0 Å². The van der Waals surface area contributed by atoms with Crippen LogP contribution in [0.5, 0.6) is 0 Å². The van der Waals surface area contributed by atoms with Gasteiger partial charge in [0.25, 0.3) is 5.56 Å². The molecule has 2 aromatic heterocycles. The van der Waals surface area contributed by atoms with Crippen molar-refractivity contribution in [3.63, 3.8) is 0 Å². The minimum absolute atomic E-state index is 0.0295. The molecule has 4 N–H and O–H groups in total. The number of hydrogen-bond donors (Lipinski definition) is 3. The number of hydrogen-bond acceptors (Lipinski definition) is 7. The smallest absolute Gasteiger partial charge is 0.280 e. The molecule has 2 aromatic rings. The van der Waals surface area contributed by atoms with Crippen LogP contribution in [0, 0.1) is 0 Å². The predicted octanol–water partition coefficient (Wildman–Crippen LogP) is -0.146. The maximum Gasteiger partial charge on any atom is 0.280 e. The Kier molecular flexibility index (Phi) is 3.19. The second-order valence-electron chi connectivity index (χ2n) is 4.08. The summed E-state index contributed by atoms with van der Waals surface area (Å²) in [6, 6.07) is 0. The van der Waals surface area contributed by atoms with Crippen LogP contribution in [0.2, 0.25) is 0 Å². The molecule has 3 rings (SSSR count). The Morgan fingerprint density at radius 2 is 2.47 bits per heavy atom. The molecule has 0 spiro atoms. The number of aromatic amines is 1. The zero-order valence-electron chi connectivity index (χ0n) is 9.74. The first kappa shape index (κ1) is 12.5. The SMILES string of the molecule is Nc1nc2c(ncn2C2CCC(OPO)O2)c(=O)[nH]1. The number of imidazole rings is 1. The van der Waals surface area contributed by atoms with Crippen LogP contribution in [0.1, 0.15) is 19.1 Å². The Morgan fingerprint density at radius 1 is 1.63 bits per heavy atom. The molecular weight excluding hydrogens is 273 g/mol. The minimum atomic E-state index is -0.617. The highest BCUT2D eigenvalue weighted by atomic mass is 31.1. The molecule has 0 aliphatic carbocycles. The van der Waals surface area contributed by atoms with Crippen molar-refractivity contribution < 1.29 is 14.2 Å². The van der Waals surface area contributed by atoms with Gasteiger partial charge in [-0.05, 0) is 6.42 Å². The zero-order chi connectivity index (χ0) is 13.4. The summed E-state index contributed by atoms with van der Waals surface area (Å²) in [5.41, 5.74) is 5.72. The topological polar surface area (TPSA) is 128 Å². The first-order chi connectivity index (χ1) is 9.19. The van der Waals surface area contributed by atoms with Crippen molar-refractivity contribution in [3.8, 4) is 0 Å². The summed E-state index contributed by atoms with van der Waals surface area (Å²) < 4.78 is 12.2. The van der Waals surface area contributed by atoms with Gasteiger partial charge in [0.1, 0.15) is 6.23 Å². The van der Waals surface area contributed by atoms with Gasteiger partial charge < -0.3 is 19.9 Å². The number of ether oxygens (including phenoxy) is 1. The second-order valence-corrected chi connectivity index (χ2v) is 4.50. The van der Waals surface area contributed by atoms with E-state index in [2.05, 4.69) is 15.0 Å². The lowest BCUT2D eigenvalue weighted by atomic mass is 10.3. The van der Waals surface area contributed by atoms with Crippen LogP contribution in [0.15, 0.2) is 11.1 Å². The largest absolute Gasteiger partial charge is 0.369 e. The molecule has 3 atom stereocenters. The fraction of sp³-hybridized carbons (Fsp3) is 0.444. The standard InChI is InChI=1S/C9H12N5O4P/c10-9-12-7-6(8(15)13-9)11-3-14(7)4-1-2-5(17-4)18-19-16/h3-5,16,19H,1-2H2,(H3,10,12,13,15). The number of nitrogens with two attached hydrogens (primary N) is 1. The van der Waals surface area contributed by atoms with Gasteiger partial charge in [-0.1, -0.05) is 0 Å². The fourth-order valence-electron chi connectivity index (χ4n) is 2.09. The van der Waals surface area contributed by atoms with E-state index in [4.69, 9.17) is 19.9 Å². The first-order valence-corrected chi connectivity index (χ1v) is 6.47. The predicted molar refractivity (Wildman–Crippen MR) is 67.3 cm³/mol. The molecule has 9 nitrogen and oxygen atoms in total. The molecule has 1 fully saturated rings. The Hall–Kier alpha value is -1.54. The van der Waals surface area contributed by atoms with Gasteiger partial charge in [0.2, 0.25) is 5.95 Å². The zero-order valence-corrected chi connectivity index (χ0v) is 10.7. The monoisotopic (exact) mass is 285 g/mol. The number of H-pyrrole nitrogens is 1. The average Bonchev–Trinajstić information content (AvgIpc) is 2.95. The lowest BCUT2D eigenvalue weighted by Gasteiger charge is -2.14. The quantitative estimate of drug-likeness (QED) is 0.669. The van der Waals surface area contributed by atoms with Gasteiger partial charge in [-0.3, -0.25) is 14.3 Å². The molecule has 0 aromatic carbocycles. The van der Waals surface area contributed by atoms with Crippen molar-refractivity contribution in [2.75, 3.05) is 5.73 Å². The molecule has 19 heavy (non-hydrogen) atoms. The highest BCUT2D eigenvalue weighted by molar-refractivity contribution is 7.24. The normalized spacial score (nSPS) is 23.8. The summed E-state index contributed by atoms with van der Waals surface area (Å²) in [6.07, 6.45) is 2.02. The number of aromatic nitrogens is 4. The lowest BCUT2D eigenvalue weighted by Crippen LogP contribution is -2.15. The van der Waals surface area contributed by atoms with Crippen LogP contribution < -0.4 is 11.3 Å². The number of nitrogens with one attached hydrogen (secondary N) is 1. The molecule has 1 saturated heterocycles. The summed E-state index contributed by atoms with van der Waals surface area (Å²) in [7, 11) is -0.617. The average molecular weight is 285 g/mol. The van der Waals surface area contributed by atoms with E-state index >= 15 is 0 Å². The number of fused-ring (bicyclic) bond motifs is 1. The van der Waals surface area contributed by atoms with Crippen LogP contribution >= 0.6 is 9.03 Å². The summed E-state index contributed by atoms with van der Waals surface area (Å²) >= 11 is 0. The van der Waals surface area contributed by atoms with Gasteiger partial charge in [0, 0.05) is 6.42 Å². The van der Waals surface area contributed by atoms with Crippen molar-refractivity contribution in [3.05, 3.63) is 16.7 Å². The lowest BCUT2D eigenvalue weighted by molar-refractivity contribution is -0.0921. The Morgan fingerprint density at radius 3 is 3.26 bits per heavy atom. The maximum atomic E-state index is 11.6. The summed E-state index contributed by atoms with van der Waals surface area (Å²) in [5, 5.41) is 0.